The number of anilines is 2. The number of pyridine rings is 1. The van der Waals surface area contributed by atoms with E-state index in [9.17, 15) is 23.1 Å². The van der Waals surface area contributed by atoms with Gasteiger partial charge in [0.05, 0.1) is 23.6 Å². The molecule has 0 saturated carbocycles. The van der Waals surface area contributed by atoms with E-state index in [1.54, 1.807) is 12.1 Å². The molecule has 1 atom stereocenters. The topological polar surface area (TPSA) is 68.7 Å². The van der Waals surface area contributed by atoms with Gasteiger partial charge in [-0.2, -0.15) is 13.2 Å². The molecular formula is C21H25F3N4O2. The van der Waals surface area contributed by atoms with Crippen LogP contribution in [0.5, 0.6) is 0 Å². The zero-order chi connectivity index (χ0) is 21.7. The molecule has 0 aliphatic carbocycles. The molecular weight excluding hydrogens is 397 g/mol. The summed E-state index contributed by atoms with van der Waals surface area (Å²) in [5.74, 6) is 0.140. The average Bonchev–Trinajstić information content (AvgIpc) is 2.74. The monoisotopic (exact) mass is 422 g/mol. The van der Waals surface area contributed by atoms with Crippen LogP contribution in [0.25, 0.3) is 0 Å². The quantitative estimate of drug-likeness (QED) is 0.748. The fraction of sp³-hybridized carbons (Fsp3) is 0.429. The molecule has 2 heterocycles. The van der Waals surface area contributed by atoms with Crippen LogP contribution in [-0.2, 0) is 6.18 Å². The molecule has 162 valence electrons. The van der Waals surface area contributed by atoms with Gasteiger partial charge in [-0.05, 0) is 36.8 Å². The van der Waals surface area contributed by atoms with Crippen molar-refractivity contribution in [3.8, 4) is 0 Å². The molecule has 9 heteroatoms. The molecule has 6 nitrogen and oxygen atoms in total. The number of nitrogens with one attached hydrogen (secondary N) is 1. The van der Waals surface area contributed by atoms with E-state index in [2.05, 4.69) is 20.1 Å². The van der Waals surface area contributed by atoms with Crippen LogP contribution in [0.4, 0.5) is 24.7 Å². The van der Waals surface area contributed by atoms with Gasteiger partial charge in [-0.15, -0.1) is 0 Å². The first-order chi connectivity index (χ1) is 14.3. The summed E-state index contributed by atoms with van der Waals surface area (Å²) in [7, 11) is 0. The van der Waals surface area contributed by atoms with Gasteiger partial charge in [-0.3, -0.25) is 9.69 Å². The lowest BCUT2D eigenvalue weighted by Gasteiger charge is -2.36. The first kappa shape index (κ1) is 22.0. The molecule has 2 N–H and O–H groups in total. The number of amides is 1. The number of carbonyl (C=O) groups excluding carboxylic acids is 1. The Bertz CT molecular complexity index is 850. The fourth-order valence-electron chi connectivity index (χ4n) is 3.27. The van der Waals surface area contributed by atoms with Crippen molar-refractivity contribution in [2.24, 2.45) is 0 Å². The molecule has 1 saturated heterocycles. The minimum Gasteiger partial charge on any atom is -0.392 e. The summed E-state index contributed by atoms with van der Waals surface area (Å²) in [6.07, 6.45) is -2.59. The van der Waals surface area contributed by atoms with Gasteiger partial charge < -0.3 is 15.3 Å². The summed E-state index contributed by atoms with van der Waals surface area (Å²) in [6, 6.07) is 7.75. The highest BCUT2D eigenvalue weighted by Gasteiger charge is 2.31. The maximum Gasteiger partial charge on any atom is 0.416 e. The minimum absolute atomic E-state index is 0.0701. The van der Waals surface area contributed by atoms with E-state index in [0.717, 1.165) is 50.6 Å². The van der Waals surface area contributed by atoms with Gasteiger partial charge in [0.1, 0.15) is 5.82 Å². The number of piperazine rings is 1. The van der Waals surface area contributed by atoms with Crippen molar-refractivity contribution < 1.29 is 23.1 Å². The van der Waals surface area contributed by atoms with E-state index in [1.165, 1.54) is 18.3 Å². The first-order valence-electron chi connectivity index (χ1n) is 9.86. The highest BCUT2D eigenvalue weighted by molar-refractivity contribution is 6.04. The molecule has 0 spiro atoms. The molecule has 0 radical (unpaired) electrons. The maximum absolute atomic E-state index is 12.8. The Morgan fingerprint density at radius 1 is 1.20 bits per heavy atom. The molecule has 30 heavy (non-hydrogen) atoms. The Labute approximate surface area is 173 Å². The molecule has 1 aliphatic heterocycles. The number of aromatic nitrogens is 1. The third kappa shape index (κ3) is 5.70. The Hall–Kier alpha value is -2.65. The smallest absolute Gasteiger partial charge is 0.392 e. The van der Waals surface area contributed by atoms with E-state index in [1.807, 2.05) is 6.92 Å². The van der Waals surface area contributed by atoms with E-state index < -0.39 is 17.6 Å². The molecule has 1 aliphatic rings. The second-order valence-corrected chi connectivity index (χ2v) is 7.29. The zero-order valence-corrected chi connectivity index (χ0v) is 16.7. The molecule has 3 rings (SSSR count). The van der Waals surface area contributed by atoms with Gasteiger partial charge in [-0.1, -0.05) is 13.0 Å². The summed E-state index contributed by atoms with van der Waals surface area (Å²) in [4.78, 5) is 21.0. The average molecular weight is 422 g/mol. The molecule has 1 aromatic heterocycles. The fourth-order valence-corrected chi connectivity index (χ4v) is 3.27. The van der Waals surface area contributed by atoms with Crippen molar-refractivity contribution in [3.05, 3.63) is 53.7 Å². The molecule has 1 amide bonds. The van der Waals surface area contributed by atoms with E-state index >= 15 is 0 Å². The Kier molecular flexibility index (Phi) is 6.94. The predicted octanol–water partition coefficient (Wildman–Crippen LogP) is 3.25. The molecule has 1 unspecified atom stereocenters. The van der Waals surface area contributed by atoms with Crippen LogP contribution in [0.2, 0.25) is 0 Å². The number of halogens is 3. The van der Waals surface area contributed by atoms with Crippen molar-refractivity contribution in [1.82, 2.24) is 9.88 Å². The van der Waals surface area contributed by atoms with Crippen LogP contribution in [0.3, 0.4) is 0 Å². The predicted molar refractivity (Wildman–Crippen MR) is 109 cm³/mol. The van der Waals surface area contributed by atoms with Crippen LogP contribution < -0.4 is 10.2 Å². The number of aliphatic hydroxyl groups excluding tert-OH is 1. The van der Waals surface area contributed by atoms with Gasteiger partial charge in [0.2, 0.25) is 0 Å². The molecule has 1 aromatic carbocycles. The number of alkyl halides is 3. The summed E-state index contributed by atoms with van der Waals surface area (Å²) < 4.78 is 38.5. The highest BCUT2D eigenvalue weighted by atomic mass is 19.4. The lowest BCUT2D eigenvalue weighted by Crippen LogP contribution is -2.48. The highest BCUT2D eigenvalue weighted by Crippen LogP contribution is 2.29. The summed E-state index contributed by atoms with van der Waals surface area (Å²) >= 11 is 0. The van der Waals surface area contributed by atoms with E-state index in [4.69, 9.17) is 0 Å². The number of nitrogens with zero attached hydrogens (tertiary/aromatic N) is 3. The summed E-state index contributed by atoms with van der Waals surface area (Å²) in [5.41, 5.74) is -0.528. The lowest BCUT2D eigenvalue weighted by atomic mass is 10.1. The van der Waals surface area contributed by atoms with Gasteiger partial charge >= 0.3 is 6.18 Å². The third-order valence-corrected chi connectivity index (χ3v) is 5.09. The molecule has 1 fully saturated rings. The van der Waals surface area contributed by atoms with Crippen molar-refractivity contribution in [2.45, 2.75) is 25.6 Å². The maximum atomic E-state index is 12.8. The summed E-state index contributed by atoms with van der Waals surface area (Å²) in [6.45, 7) is 5.83. The minimum atomic E-state index is -4.50. The SMILES string of the molecule is CCC(O)CN1CCN(c2ccc(NC(=O)c3cccc(C(F)(F)F)c3)cn2)CC1. The Morgan fingerprint density at radius 3 is 2.53 bits per heavy atom. The van der Waals surface area contributed by atoms with Crippen LogP contribution >= 0.6 is 0 Å². The van der Waals surface area contributed by atoms with Gasteiger partial charge in [0.25, 0.3) is 5.91 Å². The number of hydrogen-bond donors (Lipinski definition) is 2. The number of benzene rings is 1. The number of aliphatic hydroxyl groups is 1. The van der Waals surface area contributed by atoms with Gasteiger partial charge in [0, 0.05) is 38.3 Å². The first-order valence-corrected chi connectivity index (χ1v) is 9.86. The lowest BCUT2D eigenvalue weighted by molar-refractivity contribution is -0.137. The number of β-amino-alcohol motifs (C(OH)–C–C–N with tert-alkyl or cyclic N) is 1. The van der Waals surface area contributed by atoms with Crippen molar-refractivity contribution in [1.29, 1.82) is 0 Å². The second-order valence-electron chi connectivity index (χ2n) is 7.29. The van der Waals surface area contributed by atoms with Gasteiger partial charge in [0.15, 0.2) is 0 Å². The van der Waals surface area contributed by atoms with Crippen LogP contribution in [0, 0.1) is 0 Å². The van der Waals surface area contributed by atoms with E-state index in [0.29, 0.717) is 12.2 Å². The number of rotatable bonds is 6. The van der Waals surface area contributed by atoms with Gasteiger partial charge in [-0.25, -0.2) is 4.98 Å². The van der Waals surface area contributed by atoms with Crippen LogP contribution in [-0.4, -0.2) is 59.7 Å². The zero-order valence-electron chi connectivity index (χ0n) is 16.7. The normalized spacial score (nSPS) is 16.4. The van der Waals surface area contributed by atoms with Crippen molar-refractivity contribution >= 4 is 17.4 Å². The number of hydrogen-bond acceptors (Lipinski definition) is 5. The second kappa shape index (κ2) is 9.44. The number of carbonyl (C=O) groups is 1. The Morgan fingerprint density at radius 2 is 1.93 bits per heavy atom. The van der Waals surface area contributed by atoms with Crippen LogP contribution in [0.15, 0.2) is 42.6 Å². The largest absolute Gasteiger partial charge is 0.416 e. The standard InChI is InChI=1S/C21H25F3N4O2/c1-2-18(29)14-27-8-10-28(11-9-27)19-7-6-17(13-25-19)26-20(30)15-4-3-5-16(12-15)21(22,23)24/h3-7,12-13,18,29H,2,8-11,14H2,1H3,(H,26,30). The van der Waals surface area contributed by atoms with E-state index in [-0.39, 0.29) is 11.7 Å². The Balaban J connectivity index is 1.57. The van der Waals surface area contributed by atoms with Crippen molar-refractivity contribution in [3.63, 3.8) is 0 Å². The molecule has 2 aromatic rings. The van der Waals surface area contributed by atoms with Crippen molar-refractivity contribution in [2.75, 3.05) is 42.9 Å². The van der Waals surface area contributed by atoms with Crippen LogP contribution in [0.1, 0.15) is 29.3 Å². The third-order valence-electron chi connectivity index (χ3n) is 5.09. The molecule has 0 bridgehead atoms. The summed E-state index contributed by atoms with van der Waals surface area (Å²) in [5, 5.41) is 12.4.